The van der Waals surface area contributed by atoms with E-state index in [0.717, 1.165) is 38.0 Å². The third-order valence-corrected chi connectivity index (χ3v) is 6.89. The summed E-state index contributed by atoms with van der Waals surface area (Å²) in [4.78, 5) is 28.3. The quantitative estimate of drug-likeness (QED) is 0.355. The predicted octanol–water partition coefficient (Wildman–Crippen LogP) is 4.80. The van der Waals surface area contributed by atoms with Crippen molar-refractivity contribution in [2.24, 2.45) is 0 Å². The number of aromatic nitrogens is 1. The van der Waals surface area contributed by atoms with Crippen LogP contribution in [0.25, 0.3) is 21.3 Å². The van der Waals surface area contributed by atoms with E-state index in [1.54, 1.807) is 0 Å². The van der Waals surface area contributed by atoms with Crippen molar-refractivity contribution < 1.29 is 19.4 Å². The van der Waals surface area contributed by atoms with Crippen molar-refractivity contribution in [2.75, 3.05) is 12.3 Å². The van der Waals surface area contributed by atoms with Gasteiger partial charge in [0.15, 0.2) is 5.13 Å². The molecule has 0 aliphatic heterocycles. The van der Waals surface area contributed by atoms with E-state index in [2.05, 4.69) is 34.6 Å². The van der Waals surface area contributed by atoms with Gasteiger partial charge in [-0.25, -0.2) is 9.78 Å². The maximum atomic E-state index is 12.7. The fourth-order valence-corrected chi connectivity index (χ4v) is 5.39. The molecule has 4 N–H and O–H groups in total. The molecular formula is C26H23N3O4S. The Morgan fingerprint density at radius 3 is 2.41 bits per heavy atom. The standard InChI is InChI=1S/C26H23N3O4S/c27-25-29-22-10-9-15(12-23(22)34-25)11-16(13-24(30)31)28-26(32)33-14-21-19-7-3-1-5-17(19)18-6-2-4-8-20(18)21/h1-10,12,16,21H,11,13-14H2,(H2,27,29)(H,28,32)(H,30,31)/t16-/m1/s1. The van der Waals surface area contributed by atoms with Crippen molar-refractivity contribution in [2.45, 2.75) is 24.8 Å². The molecule has 3 aromatic carbocycles. The minimum Gasteiger partial charge on any atom is -0.481 e. The summed E-state index contributed by atoms with van der Waals surface area (Å²) in [7, 11) is 0. The number of rotatable bonds is 7. The largest absolute Gasteiger partial charge is 0.481 e. The molecular weight excluding hydrogens is 450 g/mol. The molecule has 0 saturated carbocycles. The molecule has 1 aromatic heterocycles. The average Bonchev–Trinajstić information content (AvgIpc) is 3.34. The number of fused-ring (bicyclic) bond motifs is 4. The average molecular weight is 474 g/mol. The number of nitrogens with zero attached hydrogens (tertiary/aromatic N) is 1. The van der Waals surface area contributed by atoms with Crippen LogP contribution >= 0.6 is 11.3 Å². The number of aliphatic carboxylic acids is 1. The highest BCUT2D eigenvalue weighted by atomic mass is 32.1. The summed E-state index contributed by atoms with van der Waals surface area (Å²) in [5.74, 6) is -1.05. The number of alkyl carbamates (subject to hydrolysis) is 1. The molecule has 8 heteroatoms. The van der Waals surface area contributed by atoms with Crippen molar-refractivity contribution in [3.63, 3.8) is 0 Å². The Bertz CT molecular complexity index is 1340. The number of carbonyl (C=O) groups is 2. The molecule has 4 aromatic rings. The topological polar surface area (TPSA) is 115 Å². The van der Waals surface area contributed by atoms with Gasteiger partial charge in [-0.05, 0) is 46.4 Å². The minimum absolute atomic E-state index is 0.0599. The van der Waals surface area contributed by atoms with Gasteiger partial charge in [0.25, 0.3) is 0 Å². The fraction of sp³-hybridized carbons (Fsp3) is 0.192. The summed E-state index contributed by atoms with van der Waals surface area (Å²) in [6.45, 7) is 0.172. The summed E-state index contributed by atoms with van der Waals surface area (Å²) in [5.41, 5.74) is 12.0. The Hall–Kier alpha value is -3.91. The predicted molar refractivity (Wildman–Crippen MR) is 132 cm³/mol. The van der Waals surface area contributed by atoms with Crippen LogP contribution in [-0.2, 0) is 16.0 Å². The molecule has 1 aliphatic rings. The normalized spacial score (nSPS) is 13.3. The minimum atomic E-state index is -0.993. The molecule has 7 nitrogen and oxygen atoms in total. The number of thiazole rings is 1. The van der Waals surface area contributed by atoms with Crippen molar-refractivity contribution in [3.8, 4) is 11.1 Å². The first-order valence-electron chi connectivity index (χ1n) is 11.0. The van der Waals surface area contributed by atoms with Gasteiger partial charge >= 0.3 is 12.1 Å². The first kappa shape index (κ1) is 21.9. The first-order valence-corrected chi connectivity index (χ1v) is 11.8. The van der Waals surface area contributed by atoms with Crippen LogP contribution in [0.4, 0.5) is 9.93 Å². The van der Waals surface area contributed by atoms with Gasteiger partial charge in [0.2, 0.25) is 0 Å². The molecule has 0 radical (unpaired) electrons. The molecule has 1 amide bonds. The SMILES string of the molecule is Nc1nc2ccc(C[C@H](CC(=O)O)NC(=O)OCC3c4ccccc4-c4ccccc43)cc2s1. The van der Waals surface area contributed by atoms with E-state index in [0.29, 0.717) is 11.6 Å². The third kappa shape index (κ3) is 4.45. The van der Waals surface area contributed by atoms with E-state index < -0.39 is 18.1 Å². The van der Waals surface area contributed by atoms with E-state index >= 15 is 0 Å². The zero-order valence-electron chi connectivity index (χ0n) is 18.2. The van der Waals surface area contributed by atoms with Crippen LogP contribution in [0.1, 0.15) is 29.0 Å². The highest BCUT2D eigenvalue weighted by Crippen LogP contribution is 2.44. The Kier molecular flexibility index (Phi) is 5.90. The van der Waals surface area contributed by atoms with Gasteiger partial charge in [-0.2, -0.15) is 0 Å². The maximum absolute atomic E-state index is 12.7. The fourth-order valence-electron chi connectivity index (χ4n) is 4.59. The summed E-state index contributed by atoms with van der Waals surface area (Å²) in [6.07, 6.45) is -0.492. The lowest BCUT2D eigenvalue weighted by Gasteiger charge is -2.19. The number of anilines is 1. The van der Waals surface area contributed by atoms with Crippen LogP contribution < -0.4 is 11.1 Å². The number of benzene rings is 3. The van der Waals surface area contributed by atoms with Gasteiger partial charge in [0, 0.05) is 12.0 Å². The lowest BCUT2D eigenvalue weighted by atomic mass is 9.98. The van der Waals surface area contributed by atoms with Crippen LogP contribution in [0.15, 0.2) is 66.7 Å². The second kappa shape index (κ2) is 9.15. The molecule has 0 spiro atoms. The molecule has 1 heterocycles. The number of carboxylic acids is 1. The van der Waals surface area contributed by atoms with Crippen LogP contribution in [-0.4, -0.2) is 34.8 Å². The summed E-state index contributed by atoms with van der Waals surface area (Å²) < 4.78 is 6.52. The zero-order valence-corrected chi connectivity index (χ0v) is 19.0. The Morgan fingerprint density at radius 2 is 1.74 bits per heavy atom. The second-order valence-corrected chi connectivity index (χ2v) is 9.39. The van der Waals surface area contributed by atoms with E-state index in [1.807, 2.05) is 42.5 Å². The van der Waals surface area contributed by atoms with Crippen molar-refractivity contribution >= 4 is 38.7 Å². The molecule has 5 rings (SSSR count). The highest BCUT2D eigenvalue weighted by Gasteiger charge is 2.29. The molecule has 0 fully saturated rings. The smallest absolute Gasteiger partial charge is 0.407 e. The monoisotopic (exact) mass is 473 g/mol. The zero-order chi connectivity index (χ0) is 23.7. The number of hydrogen-bond donors (Lipinski definition) is 3. The number of ether oxygens (including phenoxy) is 1. The van der Waals surface area contributed by atoms with Gasteiger partial charge in [0.05, 0.1) is 16.6 Å². The number of hydrogen-bond acceptors (Lipinski definition) is 6. The summed E-state index contributed by atoms with van der Waals surface area (Å²) >= 11 is 1.37. The van der Waals surface area contributed by atoms with Gasteiger partial charge in [-0.1, -0.05) is 65.9 Å². The van der Waals surface area contributed by atoms with Crippen LogP contribution in [0.5, 0.6) is 0 Å². The Labute approximate surface area is 200 Å². The summed E-state index contributed by atoms with van der Waals surface area (Å²) in [6, 6.07) is 21.2. The molecule has 1 aliphatic carbocycles. The number of carboxylic acid groups (broad SMARTS) is 1. The maximum Gasteiger partial charge on any atom is 0.407 e. The number of carbonyl (C=O) groups excluding carboxylic acids is 1. The van der Waals surface area contributed by atoms with Gasteiger partial charge in [-0.15, -0.1) is 0 Å². The van der Waals surface area contributed by atoms with E-state index in [4.69, 9.17) is 10.5 Å². The van der Waals surface area contributed by atoms with E-state index in [-0.39, 0.29) is 18.9 Å². The van der Waals surface area contributed by atoms with E-state index in [9.17, 15) is 14.7 Å². The van der Waals surface area contributed by atoms with Crippen LogP contribution in [0.2, 0.25) is 0 Å². The molecule has 0 saturated heterocycles. The molecule has 1 atom stereocenters. The van der Waals surface area contributed by atoms with Gasteiger partial charge in [-0.3, -0.25) is 4.79 Å². The van der Waals surface area contributed by atoms with E-state index in [1.165, 1.54) is 11.3 Å². The third-order valence-electron chi connectivity index (χ3n) is 6.04. The van der Waals surface area contributed by atoms with Gasteiger partial charge < -0.3 is 20.9 Å². The van der Waals surface area contributed by atoms with Crippen molar-refractivity contribution in [1.82, 2.24) is 10.3 Å². The lowest BCUT2D eigenvalue weighted by molar-refractivity contribution is -0.137. The Morgan fingerprint density at radius 1 is 1.06 bits per heavy atom. The molecule has 0 unspecified atom stereocenters. The van der Waals surface area contributed by atoms with Gasteiger partial charge in [0.1, 0.15) is 6.61 Å². The lowest BCUT2D eigenvalue weighted by Crippen LogP contribution is -2.39. The first-order chi connectivity index (χ1) is 16.5. The summed E-state index contributed by atoms with van der Waals surface area (Å²) in [5, 5.41) is 12.6. The van der Waals surface area contributed by atoms with Crippen molar-refractivity contribution in [1.29, 1.82) is 0 Å². The van der Waals surface area contributed by atoms with Crippen LogP contribution in [0.3, 0.4) is 0 Å². The number of nitrogen functional groups attached to an aromatic ring is 1. The Balaban J connectivity index is 1.27. The highest BCUT2D eigenvalue weighted by molar-refractivity contribution is 7.22. The molecule has 0 bridgehead atoms. The number of nitrogens with one attached hydrogen (secondary N) is 1. The number of nitrogens with two attached hydrogens (primary N) is 1. The molecule has 34 heavy (non-hydrogen) atoms. The van der Waals surface area contributed by atoms with Crippen LogP contribution in [0, 0.1) is 0 Å². The number of amides is 1. The molecule has 172 valence electrons. The second-order valence-electron chi connectivity index (χ2n) is 8.32. The van der Waals surface area contributed by atoms with Crippen molar-refractivity contribution in [3.05, 3.63) is 83.4 Å².